The molecule has 0 spiro atoms. The molecule has 0 fully saturated rings. The summed E-state index contributed by atoms with van der Waals surface area (Å²) in [5, 5.41) is 0. The van der Waals surface area contributed by atoms with E-state index < -0.39 is 11.6 Å². The number of fused-ring (bicyclic) bond motifs is 1. The maximum Gasteiger partial charge on any atom is 0.164 e. The number of aryl methyl sites for hydroxylation is 1. The molecule has 0 aliphatic carbocycles. The van der Waals surface area contributed by atoms with Gasteiger partial charge in [-0.25, -0.2) is 8.78 Å². The van der Waals surface area contributed by atoms with Gasteiger partial charge in [0.25, 0.3) is 0 Å². The van der Waals surface area contributed by atoms with Gasteiger partial charge in [-0.05, 0) is 30.5 Å². The first-order valence-electron chi connectivity index (χ1n) is 7.21. The molecule has 1 heterocycles. The number of hydrogen-bond donors (Lipinski definition) is 1. The monoisotopic (exact) mass is 288 g/mol. The van der Waals surface area contributed by atoms with E-state index in [9.17, 15) is 8.78 Å². The van der Waals surface area contributed by atoms with Crippen molar-refractivity contribution in [1.82, 2.24) is 0 Å². The average Bonchev–Trinajstić information content (AvgIpc) is 2.52. The second kappa shape index (κ2) is 5.82. The van der Waals surface area contributed by atoms with Crippen molar-refractivity contribution in [2.45, 2.75) is 18.9 Å². The van der Waals surface area contributed by atoms with Crippen LogP contribution < -0.4 is 10.6 Å². The Kier molecular flexibility index (Phi) is 3.88. The number of rotatable bonds is 3. The van der Waals surface area contributed by atoms with Crippen LogP contribution in [0, 0.1) is 11.6 Å². The zero-order valence-electron chi connectivity index (χ0n) is 11.7. The van der Waals surface area contributed by atoms with Gasteiger partial charge >= 0.3 is 0 Å². The van der Waals surface area contributed by atoms with Crippen LogP contribution in [0.1, 0.15) is 23.6 Å². The lowest BCUT2D eigenvalue weighted by Crippen LogP contribution is -2.38. The SMILES string of the molecule is NCC(c1cccc(F)c1F)N1CCCc2ccccc21. The Bertz CT molecular complexity index is 642. The van der Waals surface area contributed by atoms with Gasteiger partial charge in [-0.1, -0.05) is 30.3 Å². The number of para-hydroxylation sites is 1. The molecule has 2 nitrogen and oxygen atoms in total. The molecule has 0 radical (unpaired) electrons. The molecule has 0 saturated heterocycles. The maximum atomic E-state index is 14.1. The van der Waals surface area contributed by atoms with Crippen molar-refractivity contribution >= 4 is 5.69 Å². The highest BCUT2D eigenvalue weighted by molar-refractivity contribution is 5.57. The third-order valence-corrected chi connectivity index (χ3v) is 4.09. The van der Waals surface area contributed by atoms with Gasteiger partial charge < -0.3 is 10.6 Å². The topological polar surface area (TPSA) is 29.3 Å². The van der Waals surface area contributed by atoms with Crippen LogP contribution in [0.25, 0.3) is 0 Å². The van der Waals surface area contributed by atoms with Crippen LogP contribution in [0.3, 0.4) is 0 Å². The third-order valence-electron chi connectivity index (χ3n) is 4.09. The number of benzene rings is 2. The Morgan fingerprint density at radius 1 is 1.10 bits per heavy atom. The fourth-order valence-corrected chi connectivity index (χ4v) is 3.09. The summed E-state index contributed by atoms with van der Waals surface area (Å²) in [6.45, 7) is 1.05. The normalized spacial score (nSPS) is 15.7. The van der Waals surface area contributed by atoms with Gasteiger partial charge in [0.1, 0.15) is 0 Å². The first kappa shape index (κ1) is 14.0. The molecule has 0 bridgehead atoms. The molecule has 1 aliphatic rings. The smallest absolute Gasteiger partial charge is 0.164 e. The Labute approximate surface area is 123 Å². The van der Waals surface area contributed by atoms with Crippen molar-refractivity contribution < 1.29 is 8.78 Å². The fraction of sp³-hybridized carbons (Fsp3) is 0.294. The average molecular weight is 288 g/mol. The highest BCUT2D eigenvalue weighted by Crippen LogP contribution is 2.34. The van der Waals surface area contributed by atoms with Crippen molar-refractivity contribution in [3.63, 3.8) is 0 Å². The molecule has 0 saturated carbocycles. The summed E-state index contributed by atoms with van der Waals surface area (Å²) in [6, 6.07) is 12.0. The van der Waals surface area contributed by atoms with E-state index in [1.54, 1.807) is 6.07 Å². The van der Waals surface area contributed by atoms with Crippen LogP contribution in [0.4, 0.5) is 14.5 Å². The second-order valence-corrected chi connectivity index (χ2v) is 5.32. The molecule has 3 rings (SSSR count). The van der Waals surface area contributed by atoms with Crippen molar-refractivity contribution in [2.75, 3.05) is 18.0 Å². The van der Waals surface area contributed by atoms with Crippen LogP contribution in [0.2, 0.25) is 0 Å². The highest BCUT2D eigenvalue weighted by atomic mass is 19.2. The molecule has 2 N–H and O–H groups in total. The molecule has 2 aromatic carbocycles. The van der Waals surface area contributed by atoms with Gasteiger partial charge in [0.15, 0.2) is 11.6 Å². The third kappa shape index (κ3) is 2.51. The first-order valence-corrected chi connectivity index (χ1v) is 7.21. The molecule has 110 valence electrons. The molecular formula is C17H18F2N2. The van der Waals surface area contributed by atoms with E-state index in [0.717, 1.165) is 31.1 Å². The number of anilines is 1. The summed E-state index contributed by atoms with van der Waals surface area (Å²) < 4.78 is 27.6. The molecule has 4 heteroatoms. The molecule has 2 aromatic rings. The predicted octanol–water partition coefficient (Wildman–Crippen LogP) is 3.42. The zero-order valence-corrected chi connectivity index (χ0v) is 11.7. The van der Waals surface area contributed by atoms with Crippen molar-refractivity contribution in [3.8, 4) is 0 Å². The Hall–Kier alpha value is -1.94. The summed E-state index contributed by atoms with van der Waals surface area (Å²) in [5.74, 6) is -1.62. The van der Waals surface area contributed by atoms with Crippen molar-refractivity contribution in [1.29, 1.82) is 0 Å². The van der Waals surface area contributed by atoms with Crippen LogP contribution in [-0.4, -0.2) is 13.1 Å². The number of nitrogens with two attached hydrogens (primary N) is 1. The lowest BCUT2D eigenvalue weighted by molar-refractivity contribution is 0.479. The summed E-state index contributed by atoms with van der Waals surface area (Å²) in [5.41, 5.74) is 8.52. The molecule has 21 heavy (non-hydrogen) atoms. The molecule has 1 atom stereocenters. The lowest BCUT2D eigenvalue weighted by atomic mass is 9.96. The van der Waals surface area contributed by atoms with E-state index in [-0.39, 0.29) is 12.6 Å². The van der Waals surface area contributed by atoms with E-state index in [4.69, 9.17) is 5.73 Å². The maximum absolute atomic E-state index is 14.1. The number of hydrogen-bond acceptors (Lipinski definition) is 2. The lowest BCUT2D eigenvalue weighted by Gasteiger charge is -2.37. The molecule has 1 unspecified atom stereocenters. The Morgan fingerprint density at radius 2 is 1.90 bits per heavy atom. The molecule has 0 aromatic heterocycles. The van der Waals surface area contributed by atoms with Crippen molar-refractivity contribution in [3.05, 3.63) is 65.2 Å². The largest absolute Gasteiger partial charge is 0.363 e. The van der Waals surface area contributed by atoms with E-state index in [0.29, 0.717) is 5.56 Å². The standard InChI is InChI=1S/C17H18F2N2/c18-14-8-3-7-13(17(14)19)16(11-20)21-10-4-6-12-5-1-2-9-15(12)21/h1-3,5,7-9,16H,4,6,10-11,20H2. The second-order valence-electron chi connectivity index (χ2n) is 5.32. The minimum absolute atomic E-state index is 0.245. The van der Waals surface area contributed by atoms with Gasteiger partial charge in [0, 0.05) is 24.3 Å². The fourth-order valence-electron chi connectivity index (χ4n) is 3.09. The van der Waals surface area contributed by atoms with Crippen LogP contribution >= 0.6 is 0 Å². The zero-order chi connectivity index (χ0) is 14.8. The van der Waals surface area contributed by atoms with Gasteiger partial charge in [-0.2, -0.15) is 0 Å². The minimum Gasteiger partial charge on any atom is -0.363 e. The number of halogens is 2. The van der Waals surface area contributed by atoms with E-state index >= 15 is 0 Å². The summed E-state index contributed by atoms with van der Waals surface area (Å²) in [7, 11) is 0. The van der Waals surface area contributed by atoms with E-state index in [1.807, 2.05) is 18.2 Å². The quantitative estimate of drug-likeness (QED) is 0.937. The first-order chi connectivity index (χ1) is 10.2. The van der Waals surface area contributed by atoms with Crippen molar-refractivity contribution in [2.24, 2.45) is 5.73 Å². The van der Waals surface area contributed by atoms with Gasteiger partial charge in [0.05, 0.1) is 6.04 Å². The van der Waals surface area contributed by atoms with Gasteiger partial charge in [0.2, 0.25) is 0 Å². The minimum atomic E-state index is -0.823. The number of nitrogens with zero attached hydrogens (tertiary/aromatic N) is 1. The predicted molar refractivity (Wildman–Crippen MR) is 80.3 cm³/mol. The molecular weight excluding hydrogens is 270 g/mol. The summed E-state index contributed by atoms with van der Waals surface area (Å²) >= 11 is 0. The van der Waals surface area contributed by atoms with Crippen LogP contribution in [0.5, 0.6) is 0 Å². The van der Waals surface area contributed by atoms with Gasteiger partial charge in [-0.15, -0.1) is 0 Å². The van der Waals surface area contributed by atoms with Crippen LogP contribution in [-0.2, 0) is 6.42 Å². The van der Waals surface area contributed by atoms with E-state index in [1.165, 1.54) is 11.6 Å². The Morgan fingerprint density at radius 3 is 2.71 bits per heavy atom. The Balaban J connectivity index is 2.04. The summed E-state index contributed by atoms with van der Waals surface area (Å²) in [6.07, 6.45) is 2.00. The van der Waals surface area contributed by atoms with Crippen LogP contribution in [0.15, 0.2) is 42.5 Å². The summed E-state index contributed by atoms with van der Waals surface area (Å²) in [4.78, 5) is 2.09. The molecule has 0 amide bonds. The highest BCUT2D eigenvalue weighted by Gasteiger charge is 2.27. The molecule has 1 aliphatic heterocycles. The van der Waals surface area contributed by atoms with Gasteiger partial charge in [-0.3, -0.25) is 0 Å². The van der Waals surface area contributed by atoms with E-state index in [2.05, 4.69) is 11.0 Å².